The van der Waals surface area contributed by atoms with Gasteiger partial charge < -0.3 is 15.0 Å². The lowest BCUT2D eigenvalue weighted by molar-refractivity contribution is -0.383. The maximum atomic E-state index is 11.8. The summed E-state index contributed by atoms with van der Waals surface area (Å²) in [6.07, 6.45) is 0. The standard InChI is InChI=1S/C26H27N5O3/c1-3-29(4-2)14-15-30-22-12-13-23(31(32)33)26-24(22)25(28-30)20-16-19(10-11-21(20)27-26)34-17-18-8-6-5-7-9-18/h5-13,16,27H,3-4,14-15,17H2,1-2H3. The zero-order valence-corrected chi connectivity index (χ0v) is 19.3. The summed E-state index contributed by atoms with van der Waals surface area (Å²) in [6.45, 7) is 8.23. The second-order valence-corrected chi connectivity index (χ2v) is 8.32. The lowest BCUT2D eigenvalue weighted by atomic mass is 9.99. The fourth-order valence-corrected chi connectivity index (χ4v) is 4.47. The lowest BCUT2D eigenvalue weighted by Gasteiger charge is -2.19. The Morgan fingerprint density at radius 1 is 1.09 bits per heavy atom. The molecule has 2 heterocycles. The van der Waals surface area contributed by atoms with Crippen molar-refractivity contribution in [3.8, 4) is 17.0 Å². The smallest absolute Gasteiger partial charge is 0.293 e. The van der Waals surface area contributed by atoms with Crippen molar-refractivity contribution in [1.29, 1.82) is 0 Å². The number of nitro groups is 1. The van der Waals surface area contributed by atoms with Crippen LogP contribution in [0.15, 0.2) is 60.7 Å². The number of ether oxygens (including phenoxy) is 1. The molecular formula is C26H27N5O3. The van der Waals surface area contributed by atoms with Crippen molar-refractivity contribution in [3.63, 3.8) is 0 Å². The highest BCUT2D eigenvalue weighted by atomic mass is 16.6. The van der Waals surface area contributed by atoms with Gasteiger partial charge in [0.05, 0.1) is 22.4 Å². The zero-order chi connectivity index (χ0) is 23.7. The van der Waals surface area contributed by atoms with Gasteiger partial charge in [0, 0.05) is 23.9 Å². The van der Waals surface area contributed by atoms with Crippen LogP contribution in [0.3, 0.4) is 0 Å². The van der Waals surface area contributed by atoms with Crippen LogP contribution in [0.2, 0.25) is 0 Å². The van der Waals surface area contributed by atoms with E-state index in [1.165, 1.54) is 0 Å². The Labute approximate surface area is 197 Å². The normalized spacial score (nSPS) is 12.0. The Kier molecular flexibility index (Phi) is 5.90. The van der Waals surface area contributed by atoms with Gasteiger partial charge in [-0.05, 0) is 42.9 Å². The summed E-state index contributed by atoms with van der Waals surface area (Å²) in [7, 11) is 0. The molecule has 1 aliphatic heterocycles. The molecule has 0 amide bonds. The molecule has 0 saturated carbocycles. The van der Waals surface area contributed by atoms with Crippen LogP contribution in [0, 0.1) is 10.1 Å². The predicted octanol–water partition coefficient (Wildman–Crippen LogP) is 5.59. The van der Waals surface area contributed by atoms with Crippen LogP contribution in [0.25, 0.3) is 22.2 Å². The van der Waals surface area contributed by atoms with Crippen LogP contribution >= 0.6 is 0 Å². The van der Waals surface area contributed by atoms with Gasteiger partial charge in [0.1, 0.15) is 23.7 Å². The first-order valence-electron chi connectivity index (χ1n) is 11.6. The van der Waals surface area contributed by atoms with E-state index in [-0.39, 0.29) is 10.6 Å². The molecule has 0 fully saturated rings. The molecule has 1 N–H and O–H groups in total. The molecule has 8 heteroatoms. The quantitative estimate of drug-likeness (QED) is 0.229. The Hall–Kier alpha value is -3.91. The van der Waals surface area contributed by atoms with Crippen LogP contribution in [0.1, 0.15) is 19.4 Å². The molecule has 174 valence electrons. The third kappa shape index (κ3) is 3.97. The number of likely N-dealkylation sites (N-methyl/N-ethyl adjacent to an activating group) is 1. The van der Waals surface area contributed by atoms with Gasteiger partial charge in [-0.25, -0.2) is 0 Å². The van der Waals surface area contributed by atoms with Gasteiger partial charge in [-0.1, -0.05) is 44.2 Å². The molecule has 5 rings (SSSR count). The van der Waals surface area contributed by atoms with Crippen molar-refractivity contribution in [2.24, 2.45) is 0 Å². The molecule has 0 aliphatic carbocycles. The summed E-state index contributed by atoms with van der Waals surface area (Å²) >= 11 is 0. The van der Waals surface area contributed by atoms with Gasteiger partial charge in [-0.15, -0.1) is 0 Å². The maximum Gasteiger partial charge on any atom is 0.293 e. The van der Waals surface area contributed by atoms with E-state index in [9.17, 15) is 10.1 Å². The number of hydrogen-bond donors (Lipinski definition) is 1. The van der Waals surface area contributed by atoms with E-state index in [0.29, 0.717) is 18.8 Å². The van der Waals surface area contributed by atoms with Crippen LogP contribution in [0.5, 0.6) is 5.75 Å². The molecule has 3 aromatic carbocycles. The minimum absolute atomic E-state index is 0.0482. The fraction of sp³-hybridized carbons (Fsp3) is 0.269. The van der Waals surface area contributed by atoms with E-state index in [0.717, 1.165) is 58.8 Å². The molecule has 0 saturated heterocycles. The average molecular weight is 458 g/mol. The first kappa shape index (κ1) is 21.9. The third-order valence-electron chi connectivity index (χ3n) is 6.37. The highest BCUT2D eigenvalue weighted by molar-refractivity contribution is 6.12. The highest BCUT2D eigenvalue weighted by Crippen LogP contribution is 2.48. The highest BCUT2D eigenvalue weighted by Gasteiger charge is 2.29. The molecule has 0 spiro atoms. The van der Waals surface area contributed by atoms with Gasteiger partial charge in [-0.2, -0.15) is 5.10 Å². The summed E-state index contributed by atoms with van der Waals surface area (Å²) < 4.78 is 8.00. The van der Waals surface area contributed by atoms with Crippen molar-refractivity contribution in [2.45, 2.75) is 27.0 Å². The minimum Gasteiger partial charge on any atom is -0.489 e. The number of rotatable bonds is 9. The van der Waals surface area contributed by atoms with Gasteiger partial charge in [0.25, 0.3) is 5.69 Å². The third-order valence-corrected chi connectivity index (χ3v) is 6.37. The zero-order valence-electron chi connectivity index (χ0n) is 19.3. The number of anilines is 2. The van der Waals surface area contributed by atoms with E-state index in [4.69, 9.17) is 9.84 Å². The maximum absolute atomic E-state index is 11.8. The summed E-state index contributed by atoms with van der Waals surface area (Å²) in [5.41, 5.74) is 4.92. The van der Waals surface area contributed by atoms with Crippen LogP contribution in [-0.4, -0.2) is 39.2 Å². The molecular weight excluding hydrogens is 430 g/mol. The number of benzene rings is 3. The van der Waals surface area contributed by atoms with E-state index >= 15 is 0 Å². The first-order valence-corrected chi connectivity index (χ1v) is 11.6. The average Bonchev–Trinajstić information content (AvgIpc) is 3.24. The fourth-order valence-electron chi connectivity index (χ4n) is 4.47. The van der Waals surface area contributed by atoms with Crippen molar-refractivity contribution < 1.29 is 9.66 Å². The van der Waals surface area contributed by atoms with Crippen LogP contribution in [-0.2, 0) is 13.2 Å². The first-order chi connectivity index (χ1) is 16.6. The van der Waals surface area contributed by atoms with Crippen molar-refractivity contribution >= 4 is 28.0 Å². The molecule has 8 nitrogen and oxygen atoms in total. The molecule has 0 radical (unpaired) electrons. The predicted molar refractivity (Wildman–Crippen MR) is 134 cm³/mol. The van der Waals surface area contributed by atoms with Gasteiger partial charge >= 0.3 is 0 Å². The molecule has 4 aromatic rings. The number of nitrogens with zero attached hydrogens (tertiary/aromatic N) is 4. The summed E-state index contributed by atoms with van der Waals surface area (Å²) in [4.78, 5) is 13.7. The van der Waals surface area contributed by atoms with Gasteiger partial charge in [-0.3, -0.25) is 14.8 Å². The van der Waals surface area contributed by atoms with Gasteiger partial charge in [0.15, 0.2) is 0 Å². The topological polar surface area (TPSA) is 85.5 Å². The molecule has 1 aromatic heterocycles. The lowest BCUT2D eigenvalue weighted by Crippen LogP contribution is -2.27. The van der Waals surface area contributed by atoms with E-state index in [1.54, 1.807) is 12.1 Å². The van der Waals surface area contributed by atoms with Gasteiger partial charge in [0.2, 0.25) is 0 Å². The number of aromatic nitrogens is 2. The van der Waals surface area contributed by atoms with E-state index < -0.39 is 0 Å². The molecule has 0 unspecified atom stereocenters. The Morgan fingerprint density at radius 3 is 2.62 bits per heavy atom. The minimum atomic E-state index is -0.346. The molecule has 1 aliphatic rings. The van der Waals surface area contributed by atoms with Crippen molar-refractivity contribution in [1.82, 2.24) is 14.7 Å². The number of fused-ring (bicyclic) bond motifs is 2. The van der Waals surface area contributed by atoms with E-state index in [1.807, 2.05) is 53.2 Å². The second kappa shape index (κ2) is 9.15. The summed E-state index contributed by atoms with van der Waals surface area (Å²) in [5.74, 6) is 0.726. The number of nitrogens with one attached hydrogen (secondary N) is 1. The summed E-state index contributed by atoms with van der Waals surface area (Å²) in [5, 5.41) is 20.8. The van der Waals surface area contributed by atoms with Crippen molar-refractivity contribution in [2.75, 3.05) is 25.0 Å². The van der Waals surface area contributed by atoms with Crippen LogP contribution in [0.4, 0.5) is 17.1 Å². The monoisotopic (exact) mass is 457 g/mol. The van der Waals surface area contributed by atoms with Crippen LogP contribution < -0.4 is 10.1 Å². The SMILES string of the molecule is CCN(CC)CCn1nc2c3c(c([N+](=O)[O-])ccc31)Nc1ccc(OCc3ccccc3)cc1-2. The Morgan fingerprint density at radius 2 is 1.88 bits per heavy atom. The molecule has 0 bridgehead atoms. The van der Waals surface area contributed by atoms with E-state index in [2.05, 4.69) is 24.1 Å². The summed E-state index contributed by atoms with van der Waals surface area (Å²) in [6, 6.07) is 19.1. The number of nitro benzene ring substituents is 1. The number of hydrogen-bond acceptors (Lipinski definition) is 6. The molecule has 0 atom stereocenters. The largest absolute Gasteiger partial charge is 0.489 e. The second-order valence-electron chi connectivity index (χ2n) is 8.32. The molecule has 34 heavy (non-hydrogen) atoms. The van der Waals surface area contributed by atoms with Crippen molar-refractivity contribution in [3.05, 3.63) is 76.3 Å². The Bertz CT molecular complexity index is 1350. The Balaban J connectivity index is 1.55.